The van der Waals surface area contributed by atoms with E-state index in [1.807, 2.05) is 0 Å². The van der Waals surface area contributed by atoms with Crippen LogP contribution in [0.4, 0.5) is 0 Å². The molecule has 0 spiro atoms. The van der Waals surface area contributed by atoms with Crippen LogP contribution in [-0.2, 0) is 37.9 Å². The Morgan fingerprint density at radius 3 is 1.00 bits per heavy atom. The van der Waals surface area contributed by atoms with Gasteiger partial charge in [-0.2, -0.15) is 0 Å². The fraction of sp³-hybridized carbons (Fsp3) is 1.00. The first kappa shape index (κ1) is 38.0. The van der Waals surface area contributed by atoms with Crippen LogP contribution in [-0.4, -0.2) is 223 Å². The molecule has 13 N–H and O–H groups in total. The summed E-state index contributed by atoms with van der Waals surface area (Å²) in [5, 5.41) is 134. The fourth-order valence-electron chi connectivity index (χ4n) is 5.79. The zero-order valence-electron chi connectivity index (χ0n) is 24.5. The number of rotatable bonds is 11. The lowest BCUT2D eigenvalue weighted by Gasteiger charge is -2.49. The Hall–Kier alpha value is -0.840. The minimum absolute atomic E-state index is 0.728. The van der Waals surface area contributed by atoms with Gasteiger partial charge in [0.15, 0.2) is 25.2 Å². The van der Waals surface area contributed by atoms with Crippen molar-refractivity contribution in [2.75, 3.05) is 33.5 Å². The van der Waals surface area contributed by atoms with Gasteiger partial charge < -0.3 is 104 Å². The summed E-state index contributed by atoms with van der Waals surface area (Å²) in [6, 6.07) is 0. The van der Waals surface area contributed by atoms with Gasteiger partial charge in [-0.1, -0.05) is 0 Å². The summed E-state index contributed by atoms with van der Waals surface area (Å²) >= 11 is 0. The van der Waals surface area contributed by atoms with E-state index in [9.17, 15) is 66.4 Å². The normalized spacial score (nSPS) is 52.0. The number of aliphatic hydroxyl groups is 13. The zero-order chi connectivity index (χ0) is 34.0. The van der Waals surface area contributed by atoms with Gasteiger partial charge in [0.2, 0.25) is 0 Å². The number of hydrogen-bond donors (Lipinski definition) is 13. The average molecular weight is 681 g/mol. The van der Waals surface area contributed by atoms with Gasteiger partial charge in [0, 0.05) is 7.11 Å². The van der Waals surface area contributed by atoms with Gasteiger partial charge in [0.25, 0.3) is 0 Å². The summed E-state index contributed by atoms with van der Waals surface area (Å²) in [6.07, 6.45) is -34.5. The zero-order valence-corrected chi connectivity index (χ0v) is 24.5. The van der Waals surface area contributed by atoms with Crippen molar-refractivity contribution < 1.29 is 104 Å². The molecule has 0 radical (unpaired) electrons. The molecular formula is C25H44O21. The third-order valence-corrected chi connectivity index (χ3v) is 8.45. The maximum Gasteiger partial charge on any atom is 0.187 e. The van der Waals surface area contributed by atoms with Gasteiger partial charge >= 0.3 is 0 Å². The molecular weight excluding hydrogens is 636 g/mol. The number of aliphatic hydroxyl groups excluding tert-OH is 13. The van der Waals surface area contributed by atoms with Gasteiger partial charge in [0.05, 0.1) is 26.4 Å². The molecule has 0 aromatic heterocycles. The Morgan fingerprint density at radius 2 is 0.674 bits per heavy atom. The first-order valence-electron chi connectivity index (χ1n) is 14.5. The molecule has 4 fully saturated rings. The molecule has 0 amide bonds. The van der Waals surface area contributed by atoms with Crippen molar-refractivity contribution in [2.24, 2.45) is 0 Å². The van der Waals surface area contributed by atoms with Crippen molar-refractivity contribution in [2.45, 2.75) is 123 Å². The van der Waals surface area contributed by atoms with Crippen molar-refractivity contribution in [3.63, 3.8) is 0 Å². The quantitative estimate of drug-likeness (QED) is 0.0963. The summed E-state index contributed by atoms with van der Waals surface area (Å²) in [5.41, 5.74) is 0. The molecule has 0 aromatic rings. The van der Waals surface area contributed by atoms with Gasteiger partial charge in [0.1, 0.15) is 97.7 Å². The minimum Gasteiger partial charge on any atom is -0.394 e. The first-order chi connectivity index (χ1) is 21.8. The maximum absolute atomic E-state index is 11.1. The topological polar surface area (TPSA) is 337 Å². The second-order valence-electron chi connectivity index (χ2n) is 11.4. The maximum atomic E-state index is 11.1. The van der Waals surface area contributed by atoms with Crippen LogP contribution in [0.25, 0.3) is 0 Å². The van der Waals surface area contributed by atoms with E-state index < -0.39 is 149 Å². The van der Waals surface area contributed by atoms with E-state index in [0.717, 1.165) is 7.11 Å². The lowest BCUT2D eigenvalue weighted by atomic mass is 9.95. The Morgan fingerprint density at radius 1 is 0.391 bits per heavy atom. The molecule has 0 saturated carbocycles. The Kier molecular flexibility index (Phi) is 13.4. The van der Waals surface area contributed by atoms with Crippen molar-refractivity contribution in [3.05, 3.63) is 0 Å². The molecule has 4 aliphatic heterocycles. The largest absolute Gasteiger partial charge is 0.394 e. The van der Waals surface area contributed by atoms with Gasteiger partial charge in [-0.3, -0.25) is 0 Å². The summed E-state index contributed by atoms with van der Waals surface area (Å²) in [7, 11) is 1.16. The second-order valence-corrected chi connectivity index (χ2v) is 11.4. The van der Waals surface area contributed by atoms with Crippen molar-refractivity contribution in [1.29, 1.82) is 0 Å². The fourth-order valence-corrected chi connectivity index (χ4v) is 5.79. The molecule has 270 valence electrons. The van der Waals surface area contributed by atoms with Gasteiger partial charge in [-0.15, -0.1) is 0 Å². The smallest absolute Gasteiger partial charge is 0.187 e. The average Bonchev–Trinajstić information content (AvgIpc) is 3.04. The molecule has 0 aromatic carbocycles. The SMILES string of the molecule is CO[C@@H]1C(O)[C@H](O[C@@H]2C(O)[C@H](O[C@@H]3C(O)[C@H](O[C@@H]4C(O)[C@H](O)OC(CO)[C@H]4O)OC(CO)[C@H]3O)OC(CO)[C@H]2O)OC(CO)[C@H]1O. The van der Waals surface area contributed by atoms with Crippen LogP contribution < -0.4 is 0 Å². The Balaban J connectivity index is 1.53. The van der Waals surface area contributed by atoms with Crippen molar-refractivity contribution in [1.82, 2.24) is 0 Å². The van der Waals surface area contributed by atoms with E-state index in [-0.39, 0.29) is 0 Å². The predicted molar refractivity (Wildman–Crippen MR) is 139 cm³/mol. The third kappa shape index (κ3) is 7.50. The van der Waals surface area contributed by atoms with Gasteiger partial charge in [-0.05, 0) is 0 Å². The molecule has 21 heteroatoms. The van der Waals surface area contributed by atoms with E-state index in [4.69, 9.17) is 37.9 Å². The standard InChI is InChI=1S/C25H44O21/c1-39-18-10(30)7(3-27)41-23(15(18)35)45-20-12(32)9(5-29)43-25(17(20)37)46-21-13(33)8(4-28)42-24(16(21)36)44-19-11(31)6(2-26)40-22(38)14(19)34/h6-38H,2-5H2,1H3/t6?,7?,8?,9?,10-,11-,12-,13-,14?,15?,16?,17?,18+,19+,20+,21+,22-,23+,24+,25+/m1/s1. The molecule has 0 aliphatic carbocycles. The van der Waals surface area contributed by atoms with Gasteiger partial charge in [-0.25, -0.2) is 0 Å². The first-order valence-corrected chi connectivity index (χ1v) is 14.5. The number of hydrogen-bond acceptors (Lipinski definition) is 21. The third-order valence-electron chi connectivity index (χ3n) is 8.45. The number of methoxy groups -OCH3 is 1. The van der Waals surface area contributed by atoms with E-state index >= 15 is 0 Å². The van der Waals surface area contributed by atoms with Crippen LogP contribution in [0.3, 0.4) is 0 Å². The van der Waals surface area contributed by atoms with E-state index in [2.05, 4.69) is 0 Å². The van der Waals surface area contributed by atoms with Crippen LogP contribution in [0, 0.1) is 0 Å². The molecule has 4 aliphatic rings. The lowest BCUT2D eigenvalue weighted by Crippen LogP contribution is -2.67. The molecule has 4 saturated heterocycles. The van der Waals surface area contributed by atoms with Crippen LogP contribution in [0.1, 0.15) is 0 Å². The van der Waals surface area contributed by atoms with Crippen LogP contribution in [0.2, 0.25) is 0 Å². The monoisotopic (exact) mass is 680 g/mol. The molecule has 4 heterocycles. The summed E-state index contributed by atoms with van der Waals surface area (Å²) in [5.74, 6) is 0. The molecule has 46 heavy (non-hydrogen) atoms. The molecule has 21 nitrogen and oxygen atoms in total. The molecule has 8 unspecified atom stereocenters. The van der Waals surface area contributed by atoms with E-state index in [0.29, 0.717) is 0 Å². The highest BCUT2D eigenvalue weighted by Gasteiger charge is 2.55. The van der Waals surface area contributed by atoms with Crippen LogP contribution in [0.5, 0.6) is 0 Å². The van der Waals surface area contributed by atoms with E-state index in [1.54, 1.807) is 0 Å². The lowest BCUT2D eigenvalue weighted by molar-refractivity contribution is -0.389. The highest BCUT2D eigenvalue weighted by molar-refractivity contribution is 4.98. The predicted octanol–water partition coefficient (Wildman–Crippen LogP) is -9.09. The summed E-state index contributed by atoms with van der Waals surface area (Å²) in [4.78, 5) is 0. The summed E-state index contributed by atoms with van der Waals surface area (Å²) < 4.78 is 43.0. The van der Waals surface area contributed by atoms with Crippen molar-refractivity contribution in [3.8, 4) is 0 Å². The Bertz CT molecular complexity index is 934. The van der Waals surface area contributed by atoms with E-state index in [1.165, 1.54) is 0 Å². The highest BCUT2D eigenvalue weighted by Crippen LogP contribution is 2.34. The highest BCUT2D eigenvalue weighted by atomic mass is 16.8. The van der Waals surface area contributed by atoms with Crippen molar-refractivity contribution >= 4 is 0 Å². The molecule has 0 bridgehead atoms. The number of ether oxygens (including phenoxy) is 8. The molecule has 4 rings (SSSR count). The minimum atomic E-state index is -2.03. The van der Waals surface area contributed by atoms with Crippen LogP contribution in [0.15, 0.2) is 0 Å². The second kappa shape index (κ2) is 16.2. The summed E-state index contributed by atoms with van der Waals surface area (Å²) in [6.45, 7) is -3.29. The Labute approximate surface area is 261 Å². The molecule has 20 atom stereocenters. The van der Waals surface area contributed by atoms with Crippen LogP contribution >= 0.6 is 0 Å².